The molecule has 0 aliphatic carbocycles. The number of benzene rings is 8. The van der Waals surface area contributed by atoms with Crippen LogP contribution in [0.1, 0.15) is 227 Å². The number of pyridine rings is 2. The summed E-state index contributed by atoms with van der Waals surface area (Å²) in [5.74, 6) is 6.52. The van der Waals surface area contributed by atoms with Crippen LogP contribution in [0.15, 0.2) is 321 Å². The Morgan fingerprint density at radius 3 is 1.01 bits per heavy atom. The standard InChI is InChI=1S/C22H28O3S2.C21H26O2S3.C21H26O2S2.C18H22N2O2S4.C16H24O2S4.C15H22O2S3/c23-21(24)14-8-7-13-20(27-17-18-9-3-1-4-10-18)15-16-26-22(25)19-11-5-2-6-12-19;22-21(23)14-8-7-11-19(24-17-18-9-3-1-4-10-18)15-16-25-26-20-12-5-2-6-13-20;22-21(23)14-8-7-13-20(25-19-11-5-2-6-12-19)15-16-24-17-18-9-3-1-4-10-18;21-18(22)10-2-1-7-15(24-26-17-9-4-6-13-20-17)11-14-23-25-16-8-3-5-12-19-16;1-2-19-20-13-12-15(10-6-7-11-16(17)18)22-21-14-8-4-3-5-9-14;1-18-20-14(9-5-6-10-15(16)17)11-12-19-13-7-3-2-4-8-13/h1-6,9-12,20,22,25H,7-8,13-17H2,(H,23,24);1-6,9-10,12-13,19H,7-8,11,14-17H2,(H,22,23);1-6,9-12,20H,7-8,13-17H2,(H,22,23);3-6,8-9,12-13,15H,1-2,7,10-11,14H2,(H,21,22);3-5,8-9,15H,2,6-7,10-13H2,1H3,(H,17,18);2-4,7-8,14H,5-6,9-12H2,1H3,(H,16,17). The highest BCUT2D eigenvalue weighted by Gasteiger charge is 2.20. The normalized spacial score (nSPS) is 12.3. The van der Waals surface area contributed by atoms with Gasteiger partial charge in [-0.05, 0) is 256 Å². The molecule has 0 aliphatic rings. The molecule has 2 heterocycles. The van der Waals surface area contributed by atoms with Gasteiger partial charge in [-0.15, -0.1) is 35.3 Å². The van der Waals surface area contributed by atoms with Crippen LogP contribution < -0.4 is 0 Å². The SMILES string of the molecule is CCSSCCC(CCCCC(=O)O)SSc1ccccc1.CSSC(CCCCC(=O)O)CCSc1ccccc1.O=C(O)CCCCC(CCSC(O)c1ccccc1)SCc1ccccc1.O=C(O)CCCCC(CCSCc1ccccc1)Sc1ccccc1.O=C(O)CCCCC(CCSSc1ccccc1)SCc1ccccc1.O=C(O)CCCCC(CCSSc1ccccn1)SSc1ccccn1. The van der Waals surface area contributed by atoms with E-state index < -0.39 is 41.3 Å². The molecule has 0 fully saturated rings. The second-order valence-electron chi connectivity index (χ2n) is 33.3. The maximum atomic E-state index is 10.7. The zero-order chi connectivity index (χ0) is 105. The van der Waals surface area contributed by atoms with Crippen molar-refractivity contribution in [2.24, 2.45) is 0 Å². The predicted molar refractivity (Wildman–Crippen MR) is 655 cm³/mol. The van der Waals surface area contributed by atoms with E-state index in [2.05, 4.69) is 205 Å². The van der Waals surface area contributed by atoms with Crippen molar-refractivity contribution in [2.75, 3.05) is 46.5 Å². The van der Waals surface area contributed by atoms with Crippen LogP contribution in [0.3, 0.4) is 0 Å². The van der Waals surface area contributed by atoms with Gasteiger partial charge < -0.3 is 35.7 Å². The lowest BCUT2D eigenvalue weighted by Crippen LogP contribution is -2.07. The highest BCUT2D eigenvalue weighted by atomic mass is 33.1. The number of aromatic nitrogens is 2. The van der Waals surface area contributed by atoms with Gasteiger partial charge in [0.15, 0.2) is 0 Å². The zero-order valence-electron chi connectivity index (χ0n) is 83.9. The van der Waals surface area contributed by atoms with E-state index in [9.17, 15) is 33.9 Å². The number of aliphatic hydroxyl groups is 1. The average Bonchev–Trinajstić information content (AvgIpc) is 0.832. The molecule has 0 saturated carbocycles. The van der Waals surface area contributed by atoms with Gasteiger partial charge in [0.25, 0.3) is 0 Å². The van der Waals surface area contributed by atoms with Crippen molar-refractivity contribution < 1.29 is 64.5 Å². The summed E-state index contributed by atoms with van der Waals surface area (Å²) in [6.07, 6.45) is 31.2. The van der Waals surface area contributed by atoms with Crippen molar-refractivity contribution in [3.63, 3.8) is 0 Å². The Hall–Kier alpha value is -4.86. The molecule has 10 rings (SSSR count). The van der Waals surface area contributed by atoms with Gasteiger partial charge >= 0.3 is 35.8 Å². The molecular formula is C113H148N2O13S18. The van der Waals surface area contributed by atoms with E-state index in [0.29, 0.717) is 44.3 Å². The molecule has 146 heavy (non-hydrogen) atoms. The molecule has 8 aromatic carbocycles. The van der Waals surface area contributed by atoms with Crippen LogP contribution in [0.25, 0.3) is 0 Å². The average molecular weight is 2320 g/mol. The highest BCUT2D eigenvalue weighted by Crippen LogP contribution is 2.43. The predicted octanol–water partition coefficient (Wildman–Crippen LogP) is 36.1. The van der Waals surface area contributed by atoms with Gasteiger partial charge in [0.1, 0.15) is 15.5 Å². The van der Waals surface area contributed by atoms with Crippen LogP contribution in [-0.2, 0) is 46.0 Å². The van der Waals surface area contributed by atoms with Gasteiger partial charge in [-0.1, -0.05) is 360 Å². The Morgan fingerprint density at radius 1 is 0.274 bits per heavy atom. The van der Waals surface area contributed by atoms with Gasteiger partial charge in [-0.3, -0.25) is 28.8 Å². The number of hydrogen-bond donors (Lipinski definition) is 7. The zero-order valence-corrected chi connectivity index (χ0v) is 98.6. The molecule has 0 aliphatic heterocycles. The fourth-order valence-electron chi connectivity index (χ4n) is 13.6. The number of hydrogen-bond acceptors (Lipinski definition) is 27. The lowest BCUT2D eigenvalue weighted by atomic mass is 10.1. The molecule has 0 bridgehead atoms. The molecule has 0 radical (unpaired) electrons. The number of rotatable bonds is 75. The number of nitrogens with zero attached hydrogens (tertiary/aromatic N) is 2. The molecular weight excluding hydrogens is 2170 g/mol. The fourth-order valence-corrected chi connectivity index (χ4v) is 34.5. The molecule has 33 heteroatoms. The van der Waals surface area contributed by atoms with E-state index in [-0.39, 0.29) is 25.7 Å². The quantitative estimate of drug-likeness (QED) is 0.00808. The number of carboxylic acids is 6. The summed E-state index contributed by atoms with van der Waals surface area (Å²) < 4.78 is 0. The third kappa shape index (κ3) is 75.8. The van der Waals surface area contributed by atoms with Crippen molar-refractivity contribution in [3.8, 4) is 0 Å². The number of thioether (sulfide) groups is 6. The van der Waals surface area contributed by atoms with Gasteiger partial charge in [-0.2, -0.15) is 35.3 Å². The third-order valence-corrected chi connectivity index (χ3v) is 44.1. The number of carboxylic acid groups (broad SMARTS) is 6. The first kappa shape index (κ1) is 132. The fraction of sp³-hybridized carbons (Fsp3) is 0.434. The molecule has 796 valence electrons. The van der Waals surface area contributed by atoms with Crippen LogP contribution >= 0.6 is 200 Å². The smallest absolute Gasteiger partial charge is 0.303 e. The summed E-state index contributed by atoms with van der Waals surface area (Å²) in [4.78, 5) is 77.7. The van der Waals surface area contributed by atoms with Gasteiger partial charge in [0, 0.05) is 142 Å². The summed E-state index contributed by atoms with van der Waals surface area (Å²) in [5, 5.41) is 68.2. The lowest BCUT2D eigenvalue weighted by molar-refractivity contribution is -0.138. The molecule has 0 amide bonds. The van der Waals surface area contributed by atoms with Crippen LogP contribution in [-0.4, -0.2) is 160 Å². The summed E-state index contributed by atoms with van der Waals surface area (Å²) in [6.45, 7) is 2.18. The van der Waals surface area contributed by atoms with Crippen molar-refractivity contribution in [3.05, 3.63) is 314 Å². The second-order valence-corrected chi connectivity index (χ2v) is 56.4. The summed E-state index contributed by atoms with van der Waals surface area (Å²) in [5.41, 5.74) is 4.51. The largest absolute Gasteiger partial charge is 0.481 e. The number of aliphatic carboxylic acids is 6. The van der Waals surface area contributed by atoms with Crippen molar-refractivity contribution >= 4 is 236 Å². The van der Waals surface area contributed by atoms with Gasteiger partial charge in [0.05, 0.1) is 0 Å². The Kier molecular flexibility index (Phi) is 82.5. The van der Waals surface area contributed by atoms with Crippen LogP contribution in [0.2, 0.25) is 0 Å². The van der Waals surface area contributed by atoms with Gasteiger partial charge in [0.2, 0.25) is 0 Å². The third-order valence-electron chi connectivity index (χ3n) is 21.3. The molecule has 7 atom stereocenters. The number of carbonyl (C=O) groups is 6. The minimum atomic E-state index is -0.718. The van der Waals surface area contributed by atoms with Gasteiger partial charge in [-0.25, -0.2) is 9.97 Å². The maximum Gasteiger partial charge on any atom is 0.303 e. The number of aliphatic hydroxyl groups excluding tert-OH is 1. The number of unbranched alkanes of at least 4 members (excludes halogenated alkanes) is 6. The van der Waals surface area contributed by atoms with Crippen LogP contribution in [0, 0.1) is 0 Å². The first-order valence-corrected chi connectivity index (χ1v) is 70.2. The lowest BCUT2D eigenvalue weighted by Gasteiger charge is -2.18. The van der Waals surface area contributed by atoms with Crippen LogP contribution in [0.5, 0.6) is 0 Å². The molecule has 7 N–H and O–H groups in total. The van der Waals surface area contributed by atoms with E-state index in [1.54, 1.807) is 33.3 Å². The highest BCUT2D eigenvalue weighted by molar-refractivity contribution is 8.78. The van der Waals surface area contributed by atoms with E-state index in [1.165, 1.54) is 54.9 Å². The monoisotopic (exact) mass is 2320 g/mol. The molecule has 7 unspecified atom stereocenters. The second kappa shape index (κ2) is 91.6. The summed E-state index contributed by atoms with van der Waals surface area (Å²) in [7, 11) is 22.2. The Labute approximate surface area is 944 Å². The van der Waals surface area contributed by atoms with Crippen molar-refractivity contribution in [1.29, 1.82) is 0 Å². The Bertz CT molecular complexity index is 4720. The minimum Gasteiger partial charge on any atom is -0.481 e. The topological polar surface area (TPSA) is 270 Å². The summed E-state index contributed by atoms with van der Waals surface area (Å²) in [6, 6.07) is 95.1. The van der Waals surface area contributed by atoms with E-state index in [4.69, 9.17) is 30.6 Å². The van der Waals surface area contributed by atoms with Crippen molar-refractivity contribution in [2.45, 2.75) is 283 Å². The molecule has 0 spiro atoms. The van der Waals surface area contributed by atoms with E-state index in [0.717, 1.165) is 209 Å². The Morgan fingerprint density at radius 2 is 0.596 bits per heavy atom. The summed E-state index contributed by atoms with van der Waals surface area (Å²) >= 11 is 11.3. The van der Waals surface area contributed by atoms with E-state index in [1.807, 2.05) is 276 Å². The first-order valence-electron chi connectivity index (χ1n) is 49.9. The van der Waals surface area contributed by atoms with E-state index >= 15 is 0 Å². The Balaban J connectivity index is 0.000000309. The molecule has 2 aromatic heterocycles. The minimum absolute atomic E-state index is 0.248. The van der Waals surface area contributed by atoms with Crippen molar-refractivity contribution in [1.82, 2.24) is 9.97 Å². The van der Waals surface area contributed by atoms with Crippen LogP contribution in [0.4, 0.5) is 0 Å². The molecule has 0 saturated heterocycles. The molecule has 10 aromatic rings. The first-order chi connectivity index (χ1) is 71.3. The molecule has 15 nitrogen and oxygen atoms in total. The maximum absolute atomic E-state index is 10.7.